The predicted octanol–water partition coefficient (Wildman–Crippen LogP) is 4.21. The molecule has 1 aliphatic rings. The number of hydrogen-bond acceptors (Lipinski definition) is 6. The van der Waals surface area contributed by atoms with E-state index in [0.717, 1.165) is 22.1 Å². The first kappa shape index (κ1) is 20.3. The zero-order valence-corrected chi connectivity index (χ0v) is 17.3. The second-order valence-corrected chi connectivity index (χ2v) is 7.93. The van der Waals surface area contributed by atoms with E-state index < -0.39 is 19.1 Å². The highest BCUT2D eigenvalue weighted by molar-refractivity contribution is 5.85. The van der Waals surface area contributed by atoms with E-state index in [-0.39, 0.29) is 6.04 Å². The van der Waals surface area contributed by atoms with Crippen LogP contribution in [-0.4, -0.2) is 37.4 Å². The van der Waals surface area contributed by atoms with Gasteiger partial charge in [0.05, 0.1) is 23.9 Å². The first-order valence-electron chi connectivity index (χ1n) is 10.3. The van der Waals surface area contributed by atoms with Crippen molar-refractivity contribution >= 4 is 28.4 Å². The van der Waals surface area contributed by atoms with Gasteiger partial charge in [0.25, 0.3) is 6.43 Å². The monoisotopic (exact) mass is 436 g/mol. The third-order valence-electron chi connectivity index (χ3n) is 5.71. The van der Waals surface area contributed by atoms with Crippen molar-refractivity contribution in [3.05, 3.63) is 71.5 Å². The van der Waals surface area contributed by atoms with Crippen molar-refractivity contribution in [2.75, 3.05) is 10.6 Å². The van der Waals surface area contributed by atoms with E-state index in [1.165, 1.54) is 4.68 Å². The summed E-state index contributed by atoms with van der Waals surface area (Å²) in [6.45, 7) is 1.45. The van der Waals surface area contributed by atoms with Crippen LogP contribution in [0.3, 0.4) is 0 Å². The van der Waals surface area contributed by atoms with Gasteiger partial charge in [-0.05, 0) is 41.8 Å². The fourth-order valence-corrected chi connectivity index (χ4v) is 4.18. The van der Waals surface area contributed by atoms with Crippen LogP contribution >= 0.6 is 0 Å². The summed E-state index contributed by atoms with van der Waals surface area (Å²) >= 11 is 0. The molecule has 2 aromatic carbocycles. The van der Waals surface area contributed by atoms with Crippen molar-refractivity contribution in [3.63, 3.8) is 0 Å². The van der Waals surface area contributed by atoms with Crippen LogP contribution in [0, 0.1) is 6.92 Å². The molecule has 164 valence electrons. The number of halogens is 2. The lowest BCUT2D eigenvalue weighted by atomic mass is 10.1. The molecule has 5 rings (SSSR count). The normalized spacial score (nSPS) is 17.7. The average molecular weight is 436 g/mol. The Hall–Kier alpha value is -3.59. The molecule has 0 spiro atoms. The minimum absolute atomic E-state index is 0.254. The average Bonchev–Trinajstić information content (AvgIpc) is 3.28. The molecule has 0 saturated carbocycles. The summed E-state index contributed by atoms with van der Waals surface area (Å²) < 4.78 is 27.0. The third-order valence-corrected chi connectivity index (χ3v) is 5.71. The first-order valence-corrected chi connectivity index (χ1v) is 10.3. The van der Waals surface area contributed by atoms with Gasteiger partial charge in [-0.1, -0.05) is 24.3 Å². The summed E-state index contributed by atoms with van der Waals surface area (Å²) in [6.07, 6.45) is 0.770. The lowest BCUT2D eigenvalue weighted by Crippen LogP contribution is -2.21. The molecule has 0 unspecified atom stereocenters. The number of alkyl halides is 2. The second kappa shape index (κ2) is 8.16. The Morgan fingerprint density at radius 3 is 2.91 bits per heavy atom. The Kier molecular flexibility index (Phi) is 5.18. The summed E-state index contributed by atoms with van der Waals surface area (Å²) in [7, 11) is 0. The van der Waals surface area contributed by atoms with Gasteiger partial charge in [0.15, 0.2) is 0 Å². The molecule has 0 fully saturated rings. The number of nitrogens with zero attached hydrogens (tertiary/aromatic N) is 4. The van der Waals surface area contributed by atoms with Crippen LogP contribution in [-0.2, 0) is 13.0 Å². The molecule has 0 bridgehead atoms. The van der Waals surface area contributed by atoms with Gasteiger partial charge in [0.1, 0.15) is 12.4 Å². The maximum absolute atomic E-state index is 12.9. The number of aliphatic hydroxyl groups excluding tert-OH is 1. The van der Waals surface area contributed by atoms with Gasteiger partial charge in [-0.2, -0.15) is 10.1 Å². The van der Waals surface area contributed by atoms with E-state index in [2.05, 4.69) is 25.7 Å². The van der Waals surface area contributed by atoms with Crippen molar-refractivity contribution in [3.8, 4) is 0 Å². The molecule has 9 heteroatoms. The SMILES string of the molecule is Cc1cc2cnn(CC(F)F)c2cc1Nc1nccc(N[C@H]2c3ccccc3C[C@H]2O)n1. The van der Waals surface area contributed by atoms with E-state index in [1.54, 1.807) is 24.5 Å². The number of aryl methyl sites for hydroxylation is 1. The van der Waals surface area contributed by atoms with E-state index in [1.807, 2.05) is 37.3 Å². The van der Waals surface area contributed by atoms with Gasteiger partial charge in [0, 0.05) is 23.7 Å². The molecule has 32 heavy (non-hydrogen) atoms. The topological polar surface area (TPSA) is 87.9 Å². The number of benzene rings is 2. The Labute approximate surface area is 183 Å². The third kappa shape index (κ3) is 3.87. The maximum Gasteiger partial charge on any atom is 0.257 e. The molecule has 0 saturated heterocycles. The van der Waals surface area contributed by atoms with Gasteiger partial charge in [-0.3, -0.25) is 4.68 Å². The van der Waals surface area contributed by atoms with E-state index in [4.69, 9.17) is 0 Å². The molecule has 0 radical (unpaired) electrons. The Bertz CT molecular complexity index is 1270. The zero-order chi connectivity index (χ0) is 22.2. The number of anilines is 3. The molecule has 0 amide bonds. The van der Waals surface area contributed by atoms with Crippen molar-refractivity contribution in [1.82, 2.24) is 19.7 Å². The number of rotatable bonds is 6. The minimum atomic E-state index is -2.49. The standard InChI is InChI=1S/C23H22F2N6O/c1-13-8-15-11-27-31(12-20(24)25)18(15)10-17(13)28-23-26-7-6-21(30-23)29-22-16-5-3-2-4-14(16)9-19(22)32/h2-8,10-11,19-20,22,32H,9,12H2,1H3,(H2,26,28,29,30)/t19-,22+/m1/s1. The quantitative estimate of drug-likeness (QED) is 0.420. The predicted molar refractivity (Wildman–Crippen MR) is 118 cm³/mol. The van der Waals surface area contributed by atoms with Crippen LogP contribution in [0.15, 0.2) is 54.9 Å². The highest BCUT2D eigenvalue weighted by atomic mass is 19.3. The molecule has 2 atom stereocenters. The summed E-state index contributed by atoms with van der Waals surface area (Å²) in [5, 5.41) is 21.8. The minimum Gasteiger partial charge on any atom is -0.390 e. The number of hydrogen-bond donors (Lipinski definition) is 3. The summed E-state index contributed by atoms with van der Waals surface area (Å²) in [4.78, 5) is 8.82. The number of aliphatic hydroxyl groups is 1. The highest BCUT2D eigenvalue weighted by Gasteiger charge is 2.30. The van der Waals surface area contributed by atoms with Crippen molar-refractivity contribution in [1.29, 1.82) is 0 Å². The Morgan fingerprint density at radius 1 is 1.22 bits per heavy atom. The summed E-state index contributed by atoms with van der Waals surface area (Å²) in [5.74, 6) is 0.933. The molecule has 2 aromatic heterocycles. The van der Waals surface area contributed by atoms with Gasteiger partial charge in [-0.15, -0.1) is 0 Å². The fraction of sp³-hybridized carbons (Fsp3) is 0.261. The van der Waals surface area contributed by atoms with E-state index in [0.29, 0.717) is 29.4 Å². The number of fused-ring (bicyclic) bond motifs is 2. The molecular weight excluding hydrogens is 414 g/mol. The second-order valence-electron chi connectivity index (χ2n) is 7.93. The van der Waals surface area contributed by atoms with Crippen molar-refractivity contribution < 1.29 is 13.9 Å². The summed E-state index contributed by atoms with van der Waals surface area (Å²) in [5.41, 5.74) is 4.41. The molecule has 7 nitrogen and oxygen atoms in total. The first-order chi connectivity index (χ1) is 15.5. The number of nitrogens with one attached hydrogen (secondary N) is 2. The summed E-state index contributed by atoms with van der Waals surface area (Å²) in [6, 6.07) is 13.1. The maximum atomic E-state index is 12.9. The van der Waals surface area contributed by atoms with Gasteiger partial charge in [0.2, 0.25) is 5.95 Å². The van der Waals surface area contributed by atoms with Crippen LogP contribution in [0.5, 0.6) is 0 Å². The highest BCUT2D eigenvalue weighted by Crippen LogP contribution is 2.34. The molecule has 4 aromatic rings. The molecule has 3 N–H and O–H groups in total. The Balaban J connectivity index is 1.40. The smallest absolute Gasteiger partial charge is 0.257 e. The van der Waals surface area contributed by atoms with Crippen molar-refractivity contribution in [2.24, 2.45) is 0 Å². The van der Waals surface area contributed by atoms with Gasteiger partial charge >= 0.3 is 0 Å². The van der Waals surface area contributed by atoms with Crippen LogP contribution in [0.25, 0.3) is 10.9 Å². The van der Waals surface area contributed by atoms with Gasteiger partial charge in [-0.25, -0.2) is 13.8 Å². The molecule has 2 heterocycles. The fourth-order valence-electron chi connectivity index (χ4n) is 4.18. The Morgan fingerprint density at radius 2 is 2.06 bits per heavy atom. The van der Waals surface area contributed by atoms with Crippen LogP contribution in [0.2, 0.25) is 0 Å². The van der Waals surface area contributed by atoms with E-state index >= 15 is 0 Å². The van der Waals surface area contributed by atoms with Crippen LogP contribution < -0.4 is 10.6 Å². The lowest BCUT2D eigenvalue weighted by molar-refractivity contribution is 0.123. The van der Waals surface area contributed by atoms with Crippen LogP contribution in [0.4, 0.5) is 26.2 Å². The van der Waals surface area contributed by atoms with Crippen LogP contribution in [0.1, 0.15) is 22.7 Å². The molecule has 0 aliphatic heterocycles. The zero-order valence-electron chi connectivity index (χ0n) is 17.3. The molecule has 1 aliphatic carbocycles. The van der Waals surface area contributed by atoms with Gasteiger partial charge < -0.3 is 15.7 Å². The van der Waals surface area contributed by atoms with E-state index in [9.17, 15) is 13.9 Å². The largest absolute Gasteiger partial charge is 0.390 e. The lowest BCUT2D eigenvalue weighted by Gasteiger charge is -2.19. The molecular formula is C23H22F2N6O. The number of aromatic nitrogens is 4. The van der Waals surface area contributed by atoms with Crippen molar-refractivity contribution in [2.45, 2.75) is 38.5 Å².